The van der Waals surface area contributed by atoms with Crippen LogP contribution < -0.4 is 14.2 Å². The summed E-state index contributed by atoms with van der Waals surface area (Å²) in [7, 11) is 1.58. The fraction of sp³-hybridized carbons (Fsp3) is 0.417. The van der Waals surface area contributed by atoms with Gasteiger partial charge in [-0.2, -0.15) is 0 Å². The zero-order valence-electron chi connectivity index (χ0n) is 17.6. The quantitative estimate of drug-likeness (QED) is 0.758. The van der Waals surface area contributed by atoms with Crippen LogP contribution in [0.25, 0.3) is 0 Å². The molecule has 2 atom stereocenters. The number of nitrogens with zero attached hydrogens (tertiary/aromatic N) is 2. The predicted octanol–water partition coefficient (Wildman–Crippen LogP) is 3.08. The van der Waals surface area contributed by atoms with Crippen LogP contribution in [0, 0.1) is 5.92 Å². The second kappa shape index (κ2) is 8.13. The second-order valence-electron chi connectivity index (χ2n) is 8.32. The SMILES string of the molecule is COc1ccccc1C(=O)N1CC[C@@H]2[C@@H](CCC(=O)N2Cc2ccc3c(c2)OCO3)C1. The van der Waals surface area contributed by atoms with Gasteiger partial charge < -0.3 is 24.0 Å². The molecule has 5 rings (SSSR count). The van der Waals surface area contributed by atoms with Gasteiger partial charge in [-0.3, -0.25) is 9.59 Å². The van der Waals surface area contributed by atoms with Crippen LogP contribution in [-0.2, 0) is 11.3 Å². The Morgan fingerprint density at radius 1 is 1.13 bits per heavy atom. The first-order valence-electron chi connectivity index (χ1n) is 10.7. The monoisotopic (exact) mass is 422 g/mol. The van der Waals surface area contributed by atoms with Crippen molar-refractivity contribution in [1.29, 1.82) is 0 Å². The van der Waals surface area contributed by atoms with Crippen molar-refractivity contribution in [3.63, 3.8) is 0 Å². The topological polar surface area (TPSA) is 68.3 Å². The second-order valence-corrected chi connectivity index (χ2v) is 8.32. The molecule has 3 aliphatic rings. The standard InChI is InChI=1S/C24H26N2O5/c1-29-20-5-3-2-4-18(20)24(28)25-11-10-19-17(14-25)7-9-23(27)26(19)13-16-6-8-21-22(12-16)31-15-30-21/h2-6,8,12,17,19H,7,9-11,13-15H2,1H3/t17-,19+/m0/s1. The molecule has 0 saturated carbocycles. The number of likely N-dealkylation sites (tertiary alicyclic amines) is 2. The van der Waals surface area contributed by atoms with Crippen molar-refractivity contribution in [1.82, 2.24) is 9.80 Å². The molecule has 0 aliphatic carbocycles. The van der Waals surface area contributed by atoms with Crippen molar-refractivity contribution in [2.45, 2.75) is 31.8 Å². The minimum absolute atomic E-state index is 0.00452. The fourth-order valence-electron chi connectivity index (χ4n) is 4.97. The zero-order chi connectivity index (χ0) is 21.4. The molecule has 2 amide bonds. The molecule has 0 radical (unpaired) electrons. The lowest BCUT2D eigenvalue weighted by Gasteiger charge is -2.47. The third-order valence-corrected chi connectivity index (χ3v) is 6.56. The number of methoxy groups -OCH3 is 1. The molecule has 0 unspecified atom stereocenters. The smallest absolute Gasteiger partial charge is 0.257 e. The summed E-state index contributed by atoms with van der Waals surface area (Å²) in [6.07, 6.45) is 2.11. The van der Waals surface area contributed by atoms with Gasteiger partial charge in [-0.25, -0.2) is 0 Å². The molecule has 162 valence electrons. The van der Waals surface area contributed by atoms with E-state index in [4.69, 9.17) is 14.2 Å². The Morgan fingerprint density at radius 2 is 1.97 bits per heavy atom. The Hall–Kier alpha value is -3.22. The van der Waals surface area contributed by atoms with Gasteiger partial charge >= 0.3 is 0 Å². The highest BCUT2D eigenvalue weighted by Crippen LogP contribution is 2.36. The van der Waals surface area contributed by atoms with Crippen LogP contribution in [0.3, 0.4) is 0 Å². The average molecular weight is 422 g/mol. The van der Waals surface area contributed by atoms with Gasteiger partial charge in [0, 0.05) is 32.1 Å². The first-order valence-corrected chi connectivity index (χ1v) is 10.7. The van der Waals surface area contributed by atoms with Crippen LogP contribution in [0.1, 0.15) is 35.2 Å². The van der Waals surface area contributed by atoms with Gasteiger partial charge in [-0.15, -0.1) is 0 Å². The first kappa shape index (κ1) is 19.7. The molecule has 0 bridgehead atoms. The van der Waals surface area contributed by atoms with Crippen LogP contribution in [0.15, 0.2) is 42.5 Å². The lowest BCUT2D eigenvalue weighted by atomic mass is 9.83. The molecule has 7 nitrogen and oxygen atoms in total. The fourth-order valence-corrected chi connectivity index (χ4v) is 4.97. The first-order chi connectivity index (χ1) is 15.1. The molecular weight excluding hydrogens is 396 g/mol. The molecule has 31 heavy (non-hydrogen) atoms. The number of carbonyl (C=O) groups is 2. The highest BCUT2D eigenvalue weighted by molar-refractivity contribution is 5.97. The van der Waals surface area contributed by atoms with Gasteiger partial charge in [0.2, 0.25) is 12.7 Å². The number of para-hydroxylation sites is 1. The van der Waals surface area contributed by atoms with E-state index in [0.29, 0.717) is 37.4 Å². The van der Waals surface area contributed by atoms with Crippen LogP contribution in [0.4, 0.5) is 0 Å². The van der Waals surface area contributed by atoms with E-state index in [1.54, 1.807) is 7.11 Å². The minimum Gasteiger partial charge on any atom is -0.496 e. The average Bonchev–Trinajstić information content (AvgIpc) is 3.28. The maximum absolute atomic E-state index is 13.1. The van der Waals surface area contributed by atoms with Crippen LogP contribution in [0.5, 0.6) is 17.2 Å². The highest BCUT2D eigenvalue weighted by Gasteiger charge is 2.40. The Balaban J connectivity index is 1.30. The summed E-state index contributed by atoms with van der Waals surface area (Å²) in [4.78, 5) is 29.8. The number of benzene rings is 2. The summed E-state index contributed by atoms with van der Waals surface area (Å²) in [6.45, 7) is 2.08. The Kier molecular flexibility index (Phi) is 5.18. The number of ether oxygens (including phenoxy) is 3. The molecule has 2 aromatic carbocycles. The number of piperidine rings is 2. The normalized spacial score (nSPS) is 22.3. The van der Waals surface area contributed by atoms with E-state index in [2.05, 4.69) is 0 Å². The van der Waals surface area contributed by atoms with Crippen LogP contribution in [-0.4, -0.2) is 54.6 Å². The van der Waals surface area contributed by atoms with E-state index in [0.717, 1.165) is 29.9 Å². The van der Waals surface area contributed by atoms with Crippen LogP contribution >= 0.6 is 0 Å². The van der Waals surface area contributed by atoms with Crippen molar-refractivity contribution in [3.05, 3.63) is 53.6 Å². The van der Waals surface area contributed by atoms with Gasteiger partial charge in [0.15, 0.2) is 11.5 Å². The molecule has 0 aromatic heterocycles. The molecule has 2 saturated heterocycles. The lowest BCUT2D eigenvalue weighted by Crippen LogP contribution is -2.56. The number of hydrogen-bond donors (Lipinski definition) is 0. The van der Waals surface area contributed by atoms with E-state index in [1.165, 1.54) is 0 Å². The molecular formula is C24H26N2O5. The largest absolute Gasteiger partial charge is 0.496 e. The van der Waals surface area contributed by atoms with Crippen molar-refractivity contribution in [3.8, 4) is 17.2 Å². The Labute approximate surface area is 181 Å². The summed E-state index contributed by atoms with van der Waals surface area (Å²) >= 11 is 0. The number of fused-ring (bicyclic) bond motifs is 2. The lowest BCUT2D eigenvalue weighted by molar-refractivity contribution is -0.141. The van der Waals surface area contributed by atoms with Crippen LogP contribution in [0.2, 0.25) is 0 Å². The van der Waals surface area contributed by atoms with Crippen molar-refractivity contribution in [2.75, 3.05) is 27.0 Å². The molecule has 0 N–H and O–H groups in total. The maximum atomic E-state index is 13.1. The van der Waals surface area contributed by atoms with E-state index in [9.17, 15) is 9.59 Å². The van der Waals surface area contributed by atoms with Crippen molar-refractivity contribution < 1.29 is 23.8 Å². The summed E-state index contributed by atoms with van der Waals surface area (Å²) in [5.74, 6) is 2.53. The van der Waals surface area contributed by atoms with Gasteiger partial charge in [-0.1, -0.05) is 18.2 Å². The van der Waals surface area contributed by atoms with Crippen molar-refractivity contribution in [2.24, 2.45) is 5.92 Å². The van der Waals surface area contributed by atoms with E-state index >= 15 is 0 Å². The van der Waals surface area contributed by atoms with Gasteiger partial charge in [0.1, 0.15) is 5.75 Å². The maximum Gasteiger partial charge on any atom is 0.257 e. The molecule has 3 aliphatic heterocycles. The molecule has 7 heteroatoms. The third kappa shape index (κ3) is 3.69. The van der Waals surface area contributed by atoms with Gasteiger partial charge in [0.05, 0.1) is 12.7 Å². The Morgan fingerprint density at radius 3 is 2.84 bits per heavy atom. The van der Waals surface area contributed by atoms with E-state index in [-0.39, 0.29) is 30.6 Å². The predicted molar refractivity (Wildman–Crippen MR) is 113 cm³/mol. The minimum atomic E-state index is -0.00452. The molecule has 3 heterocycles. The van der Waals surface area contributed by atoms with Crippen molar-refractivity contribution >= 4 is 11.8 Å². The third-order valence-electron chi connectivity index (χ3n) is 6.56. The number of hydrogen-bond acceptors (Lipinski definition) is 5. The number of carbonyl (C=O) groups excluding carboxylic acids is 2. The number of rotatable bonds is 4. The summed E-state index contributed by atoms with van der Waals surface area (Å²) < 4.78 is 16.2. The summed E-state index contributed by atoms with van der Waals surface area (Å²) in [5, 5.41) is 0. The van der Waals surface area contributed by atoms with E-state index < -0.39 is 0 Å². The molecule has 2 fully saturated rings. The zero-order valence-corrected chi connectivity index (χ0v) is 17.6. The van der Waals surface area contributed by atoms with E-state index in [1.807, 2.05) is 52.3 Å². The highest BCUT2D eigenvalue weighted by atomic mass is 16.7. The van der Waals surface area contributed by atoms with Gasteiger partial charge in [-0.05, 0) is 48.6 Å². The molecule has 2 aromatic rings. The summed E-state index contributed by atoms with van der Waals surface area (Å²) in [5.41, 5.74) is 1.62. The summed E-state index contributed by atoms with van der Waals surface area (Å²) in [6, 6.07) is 13.3. The van der Waals surface area contributed by atoms with Gasteiger partial charge in [0.25, 0.3) is 5.91 Å². The molecule has 0 spiro atoms. The Bertz CT molecular complexity index is 1010. The number of amides is 2.